The average Bonchev–Trinajstić information content (AvgIpc) is 2.89. The van der Waals surface area contributed by atoms with Gasteiger partial charge in [0.25, 0.3) is 5.89 Å². The summed E-state index contributed by atoms with van der Waals surface area (Å²) in [6.45, 7) is 0. The van der Waals surface area contributed by atoms with Crippen LogP contribution in [0.3, 0.4) is 0 Å². The molecule has 2 N–H and O–H groups in total. The fraction of sp³-hybridized carbons (Fsp3) is 0. The Kier molecular flexibility index (Phi) is 2.90. The zero-order valence-electron chi connectivity index (χ0n) is 10.2. The van der Waals surface area contributed by atoms with Crippen molar-refractivity contribution in [3.05, 3.63) is 54.1 Å². The van der Waals surface area contributed by atoms with Crippen LogP contribution in [0.1, 0.15) is 0 Å². The number of rotatable bonds is 2. The molecule has 0 unspecified atom stereocenters. The van der Waals surface area contributed by atoms with Crippen LogP contribution in [0.4, 0.5) is 14.5 Å². The van der Waals surface area contributed by atoms with E-state index in [1.807, 2.05) is 0 Å². The van der Waals surface area contributed by atoms with Gasteiger partial charge >= 0.3 is 0 Å². The highest BCUT2D eigenvalue weighted by atomic mass is 19.1. The molecule has 0 radical (unpaired) electrons. The van der Waals surface area contributed by atoms with Gasteiger partial charge in [0.05, 0.1) is 0 Å². The first-order chi connectivity index (χ1) is 9.65. The topological polar surface area (TPSA) is 64.9 Å². The lowest BCUT2D eigenvalue weighted by atomic mass is 10.2. The monoisotopic (exact) mass is 273 g/mol. The van der Waals surface area contributed by atoms with Gasteiger partial charge in [-0.1, -0.05) is 11.2 Å². The Morgan fingerprint density at radius 3 is 2.25 bits per heavy atom. The van der Waals surface area contributed by atoms with Crippen LogP contribution in [0.2, 0.25) is 0 Å². The van der Waals surface area contributed by atoms with Gasteiger partial charge in [-0.15, -0.1) is 0 Å². The third-order valence-electron chi connectivity index (χ3n) is 2.77. The van der Waals surface area contributed by atoms with Gasteiger partial charge in [-0.25, -0.2) is 8.78 Å². The van der Waals surface area contributed by atoms with Crippen molar-refractivity contribution < 1.29 is 13.3 Å². The SMILES string of the molecule is Nc1ccc(-c2noc(-c3c(F)cccc3F)n2)cc1. The number of anilines is 1. The van der Waals surface area contributed by atoms with Crippen molar-refractivity contribution in [1.82, 2.24) is 10.1 Å². The molecule has 0 amide bonds. The van der Waals surface area contributed by atoms with Crippen LogP contribution in [-0.2, 0) is 0 Å². The summed E-state index contributed by atoms with van der Waals surface area (Å²) < 4.78 is 32.2. The van der Waals surface area contributed by atoms with Gasteiger partial charge < -0.3 is 10.3 Å². The van der Waals surface area contributed by atoms with Crippen LogP contribution in [0.15, 0.2) is 47.0 Å². The van der Waals surface area contributed by atoms with E-state index in [2.05, 4.69) is 10.1 Å². The van der Waals surface area contributed by atoms with Crippen molar-refractivity contribution in [3.8, 4) is 22.8 Å². The third kappa shape index (κ3) is 2.11. The van der Waals surface area contributed by atoms with Crippen LogP contribution < -0.4 is 5.73 Å². The Bertz CT molecular complexity index is 733. The Balaban J connectivity index is 2.04. The van der Waals surface area contributed by atoms with Gasteiger partial charge in [-0.05, 0) is 36.4 Å². The molecule has 4 nitrogen and oxygen atoms in total. The number of nitrogen functional groups attached to an aromatic ring is 1. The van der Waals surface area contributed by atoms with Crippen LogP contribution in [0.5, 0.6) is 0 Å². The molecule has 20 heavy (non-hydrogen) atoms. The first-order valence-electron chi connectivity index (χ1n) is 5.79. The molecule has 0 bridgehead atoms. The first kappa shape index (κ1) is 12.3. The van der Waals surface area contributed by atoms with E-state index < -0.39 is 11.6 Å². The Morgan fingerprint density at radius 2 is 1.60 bits per heavy atom. The van der Waals surface area contributed by atoms with Gasteiger partial charge in [-0.2, -0.15) is 4.98 Å². The number of halogens is 2. The second kappa shape index (κ2) is 4.73. The molecule has 1 heterocycles. The highest BCUT2D eigenvalue weighted by Gasteiger charge is 2.18. The van der Waals surface area contributed by atoms with Crippen molar-refractivity contribution in [2.24, 2.45) is 0 Å². The number of hydrogen-bond donors (Lipinski definition) is 1. The number of benzene rings is 2. The molecule has 0 aliphatic carbocycles. The second-order valence-corrected chi connectivity index (χ2v) is 4.14. The fourth-order valence-electron chi connectivity index (χ4n) is 1.78. The van der Waals surface area contributed by atoms with E-state index in [0.717, 1.165) is 12.1 Å². The molecule has 0 saturated carbocycles. The van der Waals surface area contributed by atoms with E-state index in [-0.39, 0.29) is 17.3 Å². The maximum absolute atomic E-state index is 13.6. The maximum atomic E-state index is 13.6. The van der Waals surface area contributed by atoms with Gasteiger partial charge in [0.2, 0.25) is 5.82 Å². The van der Waals surface area contributed by atoms with Crippen molar-refractivity contribution in [1.29, 1.82) is 0 Å². The average molecular weight is 273 g/mol. The molecule has 1 aromatic heterocycles. The molecule has 0 atom stereocenters. The molecule has 100 valence electrons. The van der Waals surface area contributed by atoms with E-state index in [1.165, 1.54) is 6.07 Å². The Morgan fingerprint density at radius 1 is 0.950 bits per heavy atom. The molecule has 0 aliphatic heterocycles. The fourth-order valence-corrected chi connectivity index (χ4v) is 1.78. The van der Waals surface area contributed by atoms with Crippen molar-refractivity contribution in [3.63, 3.8) is 0 Å². The standard InChI is InChI=1S/C14H9F2N3O/c15-10-2-1-3-11(16)12(10)14-18-13(19-20-14)8-4-6-9(17)7-5-8/h1-7H,17H2. The van der Waals surface area contributed by atoms with Crippen molar-refractivity contribution >= 4 is 5.69 Å². The summed E-state index contributed by atoms with van der Waals surface area (Å²) in [4.78, 5) is 4.00. The summed E-state index contributed by atoms with van der Waals surface area (Å²) >= 11 is 0. The Labute approximate surface area is 112 Å². The van der Waals surface area contributed by atoms with E-state index in [0.29, 0.717) is 11.3 Å². The normalized spacial score (nSPS) is 10.7. The summed E-state index contributed by atoms with van der Waals surface area (Å²) in [6, 6.07) is 10.3. The highest BCUT2D eigenvalue weighted by molar-refractivity contribution is 5.62. The van der Waals surface area contributed by atoms with Crippen LogP contribution in [0, 0.1) is 11.6 Å². The highest BCUT2D eigenvalue weighted by Crippen LogP contribution is 2.26. The van der Waals surface area contributed by atoms with Gasteiger partial charge in [0, 0.05) is 11.3 Å². The molecule has 0 fully saturated rings. The van der Waals surface area contributed by atoms with E-state index in [4.69, 9.17) is 10.3 Å². The number of hydrogen-bond acceptors (Lipinski definition) is 4. The molecule has 6 heteroatoms. The minimum atomic E-state index is -0.752. The minimum absolute atomic E-state index is 0.201. The molecule has 2 aromatic carbocycles. The van der Waals surface area contributed by atoms with E-state index in [9.17, 15) is 8.78 Å². The second-order valence-electron chi connectivity index (χ2n) is 4.14. The molecule has 3 aromatic rings. The molecule has 0 aliphatic rings. The lowest BCUT2D eigenvalue weighted by molar-refractivity contribution is 0.426. The number of nitrogens with zero attached hydrogens (tertiary/aromatic N) is 2. The predicted octanol–water partition coefficient (Wildman–Crippen LogP) is 3.26. The number of aromatic nitrogens is 2. The maximum Gasteiger partial charge on any atom is 0.264 e. The summed E-state index contributed by atoms with van der Waals surface area (Å²) in [5.41, 5.74) is 6.48. The van der Waals surface area contributed by atoms with Gasteiger partial charge in [0.1, 0.15) is 17.2 Å². The summed E-state index contributed by atoms with van der Waals surface area (Å²) in [6.07, 6.45) is 0. The van der Waals surface area contributed by atoms with Crippen molar-refractivity contribution in [2.45, 2.75) is 0 Å². The van der Waals surface area contributed by atoms with Crippen LogP contribution in [-0.4, -0.2) is 10.1 Å². The van der Waals surface area contributed by atoms with E-state index in [1.54, 1.807) is 24.3 Å². The quantitative estimate of drug-likeness (QED) is 0.728. The zero-order chi connectivity index (χ0) is 14.1. The molecule has 3 rings (SSSR count). The summed E-state index contributed by atoms with van der Waals surface area (Å²) in [7, 11) is 0. The lowest BCUT2D eigenvalue weighted by Gasteiger charge is -1.98. The van der Waals surface area contributed by atoms with E-state index >= 15 is 0 Å². The molecule has 0 spiro atoms. The van der Waals surface area contributed by atoms with Crippen LogP contribution in [0.25, 0.3) is 22.8 Å². The van der Waals surface area contributed by atoms with Crippen molar-refractivity contribution in [2.75, 3.05) is 5.73 Å². The number of nitrogens with two attached hydrogens (primary N) is 1. The smallest absolute Gasteiger partial charge is 0.264 e. The summed E-state index contributed by atoms with van der Waals surface area (Å²) in [5.74, 6) is -1.47. The lowest BCUT2D eigenvalue weighted by Crippen LogP contribution is -1.90. The summed E-state index contributed by atoms with van der Waals surface area (Å²) in [5, 5.41) is 3.71. The molecular formula is C14H9F2N3O. The largest absolute Gasteiger partial charge is 0.399 e. The van der Waals surface area contributed by atoms with Gasteiger partial charge in [-0.3, -0.25) is 0 Å². The molecule has 0 saturated heterocycles. The van der Waals surface area contributed by atoms with Crippen LogP contribution >= 0.6 is 0 Å². The first-order valence-corrected chi connectivity index (χ1v) is 5.79. The third-order valence-corrected chi connectivity index (χ3v) is 2.77. The van der Waals surface area contributed by atoms with Gasteiger partial charge in [0.15, 0.2) is 0 Å². The minimum Gasteiger partial charge on any atom is -0.399 e. The predicted molar refractivity (Wildman–Crippen MR) is 69.5 cm³/mol. The molecular weight excluding hydrogens is 264 g/mol. The zero-order valence-corrected chi connectivity index (χ0v) is 10.2. The Hall–Kier alpha value is -2.76.